The molecule has 4 nitrogen and oxygen atoms in total. The van der Waals surface area contributed by atoms with Gasteiger partial charge in [0.15, 0.2) is 0 Å². The van der Waals surface area contributed by atoms with Crippen LogP contribution in [0, 0.1) is 0 Å². The van der Waals surface area contributed by atoms with E-state index in [1.807, 2.05) is 12.4 Å². The third-order valence-electron chi connectivity index (χ3n) is 17.7. The average Bonchev–Trinajstić information content (AvgIpc) is 4.34. The second-order valence-electron chi connectivity index (χ2n) is 22.4. The van der Waals surface area contributed by atoms with Crippen LogP contribution in [0.3, 0.4) is 0 Å². The summed E-state index contributed by atoms with van der Waals surface area (Å²) in [5.41, 5.74) is 22.7. The number of benzene rings is 12. The molecule has 0 radical (unpaired) electrons. The Bertz CT molecular complexity index is 5290. The van der Waals surface area contributed by atoms with E-state index in [0.717, 1.165) is 61.2 Å². The largest absolute Gasteiger partial charge is 0.309 e. The fourth-order valence-electron chi connectivity index (χ4n) is 13.9. The van der Waals surface area contributed by atoms with Crippen LogP contribution in [0.15, 0.2) is 267 Å². The van der Waals surface area contributed by atoms with Crippen molar-refractivity contribution < 1.29 is 0 Å². The van der Waals surface area contributed by atoms with Crippen LogP contribution in [0.4, 0.5) is 0 Å². The second-order valence-corrected chi connectivity index (χ2v) is 22.4. The molecule has 0 bridgehead atoms. The Labute approximate surface area is 462 Å². The Balaban J connectivity index is 0.881. The van der Waals surface area contributed by atoms with Gasteiger partial charge in [0.2, 0.25) is 0 Å². The van der Waals surface area contributed by atoms with Crippen molar-refractivity contribution >= 4 is 87.0 Å². The van der Waals surface area contributed by atoms with Gasteiger partial charge in [-0.25, -0.2) is 0 Å². The third-order valence-corrected chi connectivity index (χ3v) is 17.7. The van der Waals surface area contributed by atoms with Crippen LogP contribution in [-0.4, -0.2) is 18.7 Å². The van der Waals surface area contributed by atoms with Gasteiger partial charge in [-0.15, -0.1) is 0 Å². The highest BCUT2D eigenvalue weighted by molar-refractivity contribution is 6.14. The molecule has 0 spiro atoms. The Hall–Kier alpha value is -10.3. The summed E-state index contributed by atoms with van der Waals surface area (Å²) in [4.78, 5) is 4.69. The van der Waals surface area contributed by atoms with Crippen LogP contribution in [0.1, 0.15) is 25.0 Å². The summed E-state index contributed by atoms with van der Waals surface area (Å²) in [5.74, 6) is 0. The predicted octanol–water partition coefficient (Wildman–Crippen LogP) is 20.0. The molecule has 374 valence electrons. The summed E-state index contributed by atoms with van der Waals surface area (Å²) < 4.78 is 7.37. The third kappa shape index (κ3) is 6.54. The SMILES string of the molecule is CC1(C)c2ccccc2-c2cc(-n3c4ccccc4c4cc(-c5cc(-c6ccc7c(c6)c6ccccc6n7-c6ccc7ccccc7c6)cc(-n6c7ccccc7c7cc(-c8cncc9ccccc89)ccc76)c5)ccc43)ccc21. The lowest BCUT2D eigenvalue weighted by atomic mass is 9.82. The number of hydrogen-bond donors (Lipinski definition) is 0. The number of fused-ring (bicyclic) bond motifs is 14. The summed E-state index contributed by atoms with van der Waals surface area (Å²) in [5, 5.41) is 12.1. The van der Waals surface area contributed by atoms with Crippen molar-refractivity contribution in [3.05, 3.63) is 278 Å². The lowest BCUT2D eigenvalue weighted by Gasteiger charge is -2.21. The van der Waals surface area contributed by atoms with Gasteiger partial charge < -0.3 is 13.7 Å². The normalized spacial score (nSPS) is 13.0. The maximum Gasteiger partial charge on any atom is 0.0541 e. The van der Waals surface area contributed by atoms with E-state index in [2.05, 4.69) is 282 Å². The van der Waals surface area contributed by atoms with E-state index < -0.39 is 0 Å². The number of para-hydroxylation sites is 3. The molecule has 0 saturated heterocycles. The standard InChI is InChI=1S/C76H50N4/c1-76(2)68-23-11-7-19-59(68)63-44-56(32-33-69(63)76)79-71-25-13-9-21-61(71)65-42-50(29-35-74(65)79)54-37-53(49-28-34-73-64(41-49)60-20-8-12-24-70(60)78(73)55-31-27-47-15-3-4-16-48(47)38-55)39-57(40-54)80-72-26-14-10-22-62(72)66-43-51(30-36-75(66)80)67-46-77-45-52-17-5-6-18-58(52)67/h3-46H,1-2H3. The second kappa shape index (κ2) is 16.9. The Kier molecular flexibility index (Phi) is 9.44. The van der Waals surface area contributed by atoms with Crippen molar-refractivity contribution in [1.82, 2.24) is 18.7 Å². The summed E-state index contributed by atoms with van der Waals surface area (Å²) in [6, 6.07) is 95.0. The van der Waals surface area contributed by atoms with Crippen molar-refractivity contribution in [2.24, 2.45) is 0 Å². The first kappa shape index (κ1) is 44.8. The van der Waals surface area contributed by atoms with E-state index in [1.54, 1.807) is 0 Å². The van der Waals surface area contributed by atoms with Gasteiger partial charge in [-0.1, -0.05) is 172 Å². The van der Waals surface area contributed by atoms with Gasteiger partial charge in [0.25, 0.3) is 0 Å². The van der Waals surface area contributed by atoms with Gasteiger partial charge in [0.1, 0.15) is 0 Å². The van der Waals surface area contributed by atoms with Crippen LogP contribution >= 0.6 is 0 Å². The molecule has 0 amide bonds. The fourth-order valence-corrected chi connectivity index (χ4v) is 13.9. The minimum absolute atomic E-state index is 0.0620. The summed E-state index contributed by atoms with van der Waals surface area (Å²) >= 11 is 0. The molecule has 16 aromatic rings. The summed E-state index contributed by atoms with van der Waals surface area (Å²) in [7, 11) is 0. The van der Waals surface area contributed by atoms with Gasteiger partial charge in [0.05, 0.1) is 33.1 Å². The van der Waals surface area contributed by atoms with E-state index in [-0.39, 0.29) is 5.41 Å². The smallest absolute Gasteiger partial charge is 0.0541 e. The molecular weight excluding hydrogens is 969 g/mol. The van der Waals surface area contributed by atoms with Gasteiger partial charge in [-0.2, -0.15) is 0 Å². The van der Waals surface area contributed by atoms with Crippen LogP contribution in [-0.2, 0) is 5.41 Å². The Morgan fingerprint density at radius 1 is 0.263 bits per heavy atom. The highest BCUT2D eigenvalue weighted by Gasteiger charge is 2.35. The van der Waals surface area contributed by atoms with Crippen molar-refractivity contribution in [3.8, 4) is 61.6 Å². The number of aromatic nitrogens is 4. The topological polar surface area (TPSA) is 27.7 Å². The molecule has 80 heavy (non-hydrogen) atoms. The van der Waals surface area contributed by atoms with Crippen LogP contribution in [0.25, 0.3) is 149 Å². The first-order chi connectivity index (χ1) is 39.4. The highest BCUT2D eigenvalue weighted by atomic mass is 15.0. The summed E-state index contributed by atoms with van der Waals surface area (Å²) in [6.45, 7) is 4.71. The van der Waals surface area contributed by atoms with Gasteiger partial charge in [-0.3, -0.25) is 4.98 Å². The molecule has 4 aromatic heterocycles. The van der Waals surface area contributed by atoms with Crippen molar-refractivity contribution in [2.45, 2.75) is 19.3 Å². The Morgan fingerprint density at radius 3 is 1.36 bits per heavy atom. The van der Waals surface area contributed by atoms with E-state index in [0.29, 0.717) is 0 Å². The minimum Gasteiger partial charge on any atom is -0.309 e. The first-order valence-electron chi connectivity index (χ1n) is 27.7. The maximum atomic E-state index is 4.69. The molecule has 17 rings (SSSR count). The van der Waals surface area contributed by atoms with E-state index in [4.69, 9.17) is 4.98 Å². The molecule has 1 aliphatic rings. The molecule has 0 N–H and O–H groups in total. The zero-order chi connectivity index (χ0) is 52.8. The molecule has 12 aromatic carbocycles. The average molecular weight is 1020 g/mol. The molecule has 4 heteroatoms. The van der Waals surface area contributed by atoms with E-state index >= 15 is 0 Å². The lowest BCUT2D eigenvalue weighted by Crippen LogP contribution is -2.14. The lowest BCUT2D eigenvalue weighted by molar-refractivity contribution is 0.660. The van der Waals surface area contributed by atoms with Gasteiger partial charge in [-0.05, 0) is 163 Å². The molecule has 1 aliphatic carbocycles. The number of hydrogen-bond acceptors (Lipinski definition) is 1. The van der Waals surface area contributed by atoms with Crippen LogP contribution in [0.2, 0.25) is 0 Å². The molecule has 0 saturated carbocycles. The van der Waals surface area contributed by atoms with Crippen LogP contribution < -0.4 is 0 Å². The maximum absolute atomic E-state index is 4.69. The van der Waals surface area contributed by atoms with E-state index in [1.165, 1.54) is 98.5 Å². The minimum atomic E-state index is -0.0620. The highest BCUT2D eigenvalue weighted by Crippen LogP contribution is 2.50. The number of nitrogens with zero attached hydrogens (tertiary/aromatic N) is 4. The molecular formula is C76H50N4. The van der Waals surface area contributed by atoms with Gasteiger partial charge >= 0.3 is 0 Å². The van der Waals surface area contributed by atoms with Crippen molar-refractivity contribution in [3.63, 3.8) is 0 Å². The molecule has 0 unspecified atom stereocenters. The van der Waals surface area contributed by atoms with Crippen molar-refractivity contribution in [2.75, 3.05) is 0 Å². The molecule has 0 aliphatic heterocycles. The fraction of sp³-hybridized carbons (Fsp3) is 0.0395. The molecule has 0 fully saturated rings. The zero-order valence-corrected chi connectivity index (χ0v) is 44.2. The molecule has 0 atom stereocenters. The van der Waals surface area contributed by atoms with Gasteiger partial charge in [0, 0.05) is 78.1 Å². The van der Waals surface area contributed by atoms with Crippen molar-refractivity contribution in [1.29, 1.82) is 0 Å². The number of pyridine rings is 1. The zero-order valence-electron chi connectivity index (χ0n) is 44.2. The van der Waals surface area contributed by atoms with E-state index in [9.17, 15) is 0 Å². The number of rotatable bonds is 6. The predicted molar refractivity (Wildman–Crippen MR) is 336 cm³/mol. The van der Waals surface area contributed by atoms with Crippen LogP contribution in [0.5, 0.6) is 0 Å². The summed E-state index contributed by atoms with van der Waals surface area (Å²) in [6.07, 6.45) is 3.96. The monoisotopic (exact) mass is 1020 g/mol. The Morgan fingerprint density at radius 2 is 0.725 bits per heavy atom. The quantitative estimate of drug-likeness (QED) is 0.163. The first-order valence-corrected chi connectivity index (χ1v) is 27.7. The molecule has 4 heterocycles.